The van der Waals surface area contributed by atoms with Crippen LogP contribution in [0.1, 0.15) is 105 Å². The second-order valence-electron chi connectivity index (χ2n) is 15.4. The predicted molar refractivity (Wildman–Crippen MR) is 157 cm³/mol. The Morgan fingerprint density at radius 2 is 1.71 bits per heavy atom. The van der Waals surface area contributed by atoms with Gasteiger partial charge in [-0.25, -0.2) is 0 Å². The minimum atomic E-state index is -1.30. The van der Waals surface area contributed by atoms with E-state index < -0.39 is 24.6 Å². The number of carbonyl (C=O) groups is 2. The molecule has 1 heterocycles. The number of Topliss-reactive ketones (excluding diaryl/α,β-unsaturated/α-hetero) is 1. The van der Waals surface area contributed by atoms with Gasteiger partial charge in [0.15, 0.2) is 6.29 Å². The van der Waals surface area contributed by atoms with Crippen LogP contribution in [0.5, 0.6) is 0 Å². The predicted octanol–water partition coefficient (Wildman–Crippen LogP) is 4.65. The quantitative estimate of drug-likeness (QED) is 0.261. The van der Waals surface area contributed by atoms with Crippen LogP contribution in [0.15, 0.2) is 0 Å². The van der Waals surface area contributed by atoms with Gasteiger partial charge in [-0.15, -0.1) is 0 Å². The Balaban J connectivity index is 1.19. The maximum Gasteiger partial charge on any atom is 0.302 e. The van der Waals surface area contributed by atoms with E-state index in [0.29, 0.717) is 66.2 Å². The molecule has 1 saturated heterocycles. The number of ketones is 1. The lowest BCUT2D eigenvalue weighted by atomic mass is 9.44. The number of hydrogen-bond acceptors (Lipinski definition) is 8. The van der Waals surface area contributed by atoms with Crippen molar-refractivity contribution in [2.75, 3.05) is 13.2 Å². The zero-order chi connectivity index (χ0) is 30.4. The molecule has 0 aromatic heterocycles. The molecule has 8 nitrogen and oxygen atoms in total. The number of aliphatic hydroxyl groups excluding tert-OH is 3. The molecule has 4 saturated carbocycles. The van der Waals surface area contributed by atoms with Gasteiger partial charge < -0.3 is 29.5 Å². The molecule has 5 rings (SSSR count). The molecule has 0 aromatic rings. The number of rotatable bonds is 9. The Morgan fingerprint density at radius 3 is 2.45 bits per heavy atom. The number of carbonyl (C=O) groups excluding carboxylic acids is 2. The number of esters is 1. The van der Waals surface area contributed by atoms with Crippen LogP contribution in [-0.4, -0.2) is 71.0 Å². The van der Waals surface area contributed by atoms with Crippen molar-refractivity contribution in [2.45, 2.75) is 136 Å². The number of ether oxygens (including phenoxy) is 3. The molecule has 42 heavy (non-hydrogen) atoms. The first kappa shape index (κ1) is 32.3. The normalized spacial score (nSPS) is 46.7. The van der Waals surface area contributed by atoms with Crippen molar-refractivity contribution >= 4 is 11.8 Å². The Hall–Kier alpha value is -1.06. The smallest absolute Gasteiger partial charge is 0.302 e. The lowest BCUT2D eigenvalue weighted by Crippen LogP contribution is -2.58. The van der Waals surface area contributed by atoms with Crippen LogP contribution in [0, 0.1) is 52.3 Å². The van der Waals surface area contributed by atoms with E-state index in [1.165, 1.54) is 39.0 Å². The molecule has 240 valence electrons. The number of hydrogen-bond donors (Lipinski definition) is 3. The van der Waals surface area contributed by atoms with E-state index in [-0.39, 0.29) is 30.0 Å². The van der Waals surface area contributed by atoms with Gasteiger partial charge in [0.05, 0.1) is 19.3 Å². The SMILES string of the molecule is CC(=O)OCC(C)CCCC(C)C1CCC2C3CC(=O)C4CC(OC5OCC(O)C(O)C5O)CCC4(C)C3CCC12C. The highest BCUT2D eigenvalue weighted by atomic mass is 16.7. The molecule has 3 N–H and O–H groups in total. The molecular formula is C34H56O8. The summed E-state index contributed by atoms with van der Waals surface area (Å²) in [6.45, 7) is 11.4. The summed E-state index contributed by atoms with van der Waals surface area (Å²) in [4.78, 5) is 25.0. The van der Waals surface area contributed by atoms with Gasteiger partial charge in [-0.2, -0.15) is 0 Å². The first-order valence-electron chi connectivity index (χ1n) is 16.8. The van der Waals surface area contributed by atoms with Crippen LogP contribution >= 0.6 is 0 Å². The first-order chi connectivity index (χ1) is 19.8. The van der Waals surface area contributed by atoms with E-state index in [1.807, 2.05) is 0 Å². The highest BCUT2D eigenvalue weighted by molar-refractivity contribution is 5.83. The van der Waals surface area contributed by atoms with Gasteiger partial charge >= 0.3 is 5.97 Å². The molecule has 4 aliphatic carbocycles. The van der Waals surface area contributed by atoms with Crippen LogP contribution in [0.25, 0.3) is 0 Å². The summed E-state index contributed by atoms with van der Waals surface area (Å²) in [5, 5.41) is 30.2. The Kier molecular flexibility index (Phi) is 9.81. The second kappa shape index (κ2) is 12.7. The highest BCUT2D eigenvalue weighted by Gasteiger charge is 2.62. The largest absolute Gasteiger partial charge is 0.466 e. The lowest BCUT2D eigenvalue weighted by molar-refractivity contribution is -0.288. The average molecular weight is 593 g/mol. The molecule has 0 bridgehead atoms. The van der Waals surface area contributed by atoms with E-state index in [1.54, 1.807) is 0 Å². The molecular weight excluding hydrogens is 536 g/mol. The zero-order valence-corrected chi connectivity index (χ0v) is 26.5. The fourth-order valence-corrected chi connectivity index (χ4v) is 10.5. The summed E-state index contributed by atoms with van der Waals surface area (Å²) in [5.74, 6) is 3.54. The zero-order valence-electron chi connectivity index (χ0n) is 26.5. The van der Waals surface area contributed by atoms with Crippen molar-refractivity contribution in [3.05, 3.63) is 0 Å². The number of aliphatic hydroxyl groups is 3. The molecule has 14 atom stereocenters. The highest BCUT2D eigenvalue weighted by Crippen LogP contribution is 2.68. The third-order valence-electron chi connectivity index (χ3n) is 12.9. The Bertz CT molecular complexity index is 971. The fourth-order valence-electron chi connectivity index (χ4n) is 10.5. The van der Waals surface area contributed by atoms with Gasteiger partial charge in [-0.05, 0) is 97.7 Å². The van der Waals surface area contributed by atoms with Gasteiger partial charge in [0, 0.05) is 19.3 Å². The third kappa shape index (κ3) is 6.09. The molecule has 0 aromatic carbocycles. The Morgan fingerprint density at radius 1 is 1.00 bits per heavy atom. The molecule has 0 radical (unpaired) electrons. The van der Waals surface area contributed by atoms with Gasteiger partial charge in [0.1, 0.15) is 24.1 Å². The van der Waals surface area contributed by atoms with Gasteiger partial charge in [0.2, 0.25) is 0 Å². The van der Waals surface area contributed by atoms with Gasteiger partial charge in [-0.1, -0.05) is 40.5 Å². The van der Waals surface area contributed by atoms with Crippen molar-refractivity contribution in [3.8, 4) is 0 Å². The molecule has 5 aliphatic rings. The summed E-state index contributed by atoms with van der Waals surface area (Å²) in [6, 6.07) is 0. The molecule has 0 amide bonds. The standard InChI is InChI=1S/C34H56O8/c1-19(17-40-21(3)35)7-6-8-20(2)24-9-10-25-23-16-28(36)27-15-22(42-32-31(39)30(38)29(37)18-41-32)11-13-34(27,5)26(23)12-14-33(24,25)4/h19-20,22-27,29-32,37-39H,6-18H2,1-5H3. The second-order valence-corrected chi connectivity index (χ2v) is 15.4. The maximum atomic E-state index is 13.9. The maximum absolute atomic E-state index is 13.9. The molecule has 1 aliphatic heterocycles. The van der Waals surface area contributed by atoms with Crippen LogP contribution in [-0.2, 0) is 23.8 Å². The van der Waals surface area contributed by atoms with Crippen LogP contribution in [0.4, 0.5) is 0 Å². The van der Waals surface area contributed by atoms with E-state index in [4.69, 9.17) is 14.2 Å². The molecule has 14 unspecified atom stereocenters. The summed E-state index contributed by atoms with van der Waals surface area (Å²) in [5.41, 5.74) is 0.276. The van der Waals surface area contributed by atoms with Crippen molar-refractivity contribution in [1.29, 1.82) is 0 Å². The van der Waals surface area contributed by atoms with Gasteiger partial charge in [-0.3, -0.25) is 9.59 Å². The van der Waals surface area contributed by atoms with E-state index in [9.17, 15) is 24.9 Å². The van der Waals surface area contributed by atoms with Crippen LogP contribution in [0.3, 0.4) is 0 Å². The van der Waals surface area contributed by atoms with Crippen molar-refractivity contribution in [1.82, 2.24) is 0 Å². The van der Waals surface area contributed by atoms with Crippen molar-refractivity contribution < 1.29 is 39.1 Å². The summed E-state index contributed by atoms with van der Waals surface area (Å²) in [7, 11) is 0. The summed E-state index contributed by atoms with van der Waals surface area (Å²) in [6.07, 6.45) is 6.57. The first-order valence-corrected chi connectivity index (χ1v) is 16.8. The minimum absolute atomic E-state index is 0.0231. The molecule has 0 spiro atoms. The number of fused-ring (bicyclic) bond motifs is 5. The van der Waals surface area contributed by atoms with E-state index in [0.717, 1.165) is 25.7 Å². The monoisotopic (exact) mass is 592 g/mol. The van der Waals surface area contributed by atoms with E-state index in [2.05, 4.69) is 27.7 Å². The minimum Gasteiger partial charge on any atom is -0.466 e. The van der Waals surface area contributed by atoms with E-state index >= 15 is 0 Å². The fraction of sp³-hybridized carbons (Fsp3) is 0.941. The van der Waals surface area contributed by atoms with Crippen molar-refractivity contribution in [2.24, 2.45) is 52.3 Å². The molecule has 5 fully saturated rings. The van der Waals surface area contributed by atoms with Crippen molar-refractivity contribution in [3.63, 3.8) is 0 Å². The molecule has 8 heteroatoms. The third-order valence-corrected chi connectivity index (χ3v) is 12.9. The Labute approximate surface area is 252 Å². The topological polar surface area (TPSA) is 123 Å². The summed E-state index contributed by atoms with van der Waals surface area (Å²) >= 11 is 0. The van der Waals surface area contributed by atoms with Crippen LogP contribution < -0.4 is 0 Å². The summed E-state index contributed by atoms with van der Waals surface area (Å²) < 4.78 is 16.8. The van der Waals surface area contributed by atoms with Crippen LogP contribution in [0.2, 0.25) is 0 Å². The van der Waals surface area contributed by atoms with Gasteiger partial charge in [0.25, 0.3) is 0 Å². The lowest BCUT2D eigenvalue weighted by Gasteiger charge is -2.60. The average Bonchev–Trinajstić information content (AvgIpc) is 3.30.